The second-order valence-corrected chi connectivity index (χ2v) is 10.4. The number of rotatable bonds is 8. The van der Waals surface area contributed by atoms with Gasteiger partial charge in [0.2, 0.25) is 23.8 Å². The van der Waals surface area contributed by atoms with Gasteiger partial charge in [-0.15, -0.1) is 0 Å². The molecule has 0 amide bonds. The van der Waals surface area contributed by atoms with Crippen LogP contribution >= 0.6 is 0 Å². The topological polar surface area (TPSA) is 279 Å². The third-order valence-corrected chi connectivity index (χ3v) is 7.53. The molecular weight excluding hydrogens is 608 g/mol. The number of ether oxygens (including phenoxy) is 5. The minimum Gasteiger partial charge on any atom is -0.507 e. The van der Waals surface area contributed by atoms with Crippen LogP contribution in [0.3, 0.4) is 0 Å². The van der Waals surface area contributed by atoms with Gasteiger partial charge < -0.3 is 79.2 Å². The standard InChI is InChI=1S/C28H32O17/c1-40-13-3-2-9(4-11(13)31)25-26(45-28-24(39)22(37)19(34)16(8-30)44-28)20(35)17-12(32)5-10(6-14(17)42-25)41-27-23(38)21(36)18(33)15(7-29)43-27/h2-6,15-16,18-19,21-24,27-34,36-39H,7-8H2,1H3/t15?,16?,18-,19-,21+,22?,23?,24?,27-,28+/m1/s1. The number of aliphatic hydroxyl groups is 8. The van der Waals surface area contributed by atoms with Gasteiger partial charge in [0.05, 0.1) is 20.3 Å². The Labute approximate surface area is 252 Å². The van der Waals surface area contributed by atoms with E-state index in [2.05, 4.69) is 0 Å². The molecule has 246 valence electrons. The zero-order valence-corrected chi connectivity index (χ0v) is 23.4. The summed E-state index contributed by atoms with van der Waals surface area (Å²) in [6.07, 6.45) is -16.8. The maximum atomic E-state index is 13.8. The quantitative estimate of drug-likeness (QED) is 0.119. The molecule has 3 heterocycles. The van der Waals surface area contributed by atoms with Gasteiger partial charge in [-0.1, -0.05) is 0 Å². The summed E-state index contributed by atoms with van der Waals surface area (Å²) in [5, 5.41) is 101. The fourth-order valence-corrected chi connectivity index (χ4v) is 5.03. The average Bonchev–Trinajstić information content (AvgIpc) is 3.02. The summed E-state index contributed by atoms with van der Waals surface area (Å²) < 4.78 is 32.9. The van der Waals surface area contributed by atoms with Gasteiger partial charge in [0, 0.05) is 17.7 Å². The minimum absolute atomic E-state index is 0.0200. The maximum absolute atomic E-state index is 13.8. The van der Waals surface area contributed by atoms with Crippen molar-refractivity contribution in [3.8, 4) is 40.1 Å². The second kappa shape index (κ2) is 12.9. The van der Waals surface area contributed by atoms with Crippen molar-refractivity contribution in [2.24, 2.45) is 0 Å². The molecule has 10 atom stereocenters. The normalized spacial score (nSPS) is 31.9. The molecule has 3 aromatic rings. The largest absolute Gasteiger partial charge is 0.507 e. The van der Waals surface area contributed by atoms with E-state index in [0.717, 1.165) is 18.2 Å². The number of hydrogen-bond donors (Lipinski definition) is 10. The van der Waals surface area contributed by atoms with Gasteiger partial charge in [0.25, 0.3) is 0 Å². The molecule has 0 saturated carbocycles. The van der Waals surface area contributed by atoms with E-state index in [4.69, 9.17) is 28.1 Å². The van der Waals surface area contributed by atoms with E-state index in [-0.39, 0.29) is 34.2 Å². The van der Waals surface area contributed by atoms with Crippen molar-refractivity contribution in [1.82, 2.24) is 0 Å². The predicted molar refractivity (Wildman–Crippen MR) is 147 cm³/mol. The molecule has 17 heteroatoms. The number of aliphatic hydroxyl groups excluding tert-OH is 8. The molecule has 10 N–H and O–H groups in total. The predicted octanol–water partition coefficient (Wildman–Crippen LogP) is -2.76. The molecule has 45 heavy (non-hydrogen) atoms. The van der Waals surface area contributed by atoms with Crippen molar-refractivity contribution in [3.05, 3.63) is 40.6 Å². The van der Waals surface area contributed by atoms with Gasteiger partial charge in [0.1, 0.15) is 71.3 Å². The van der Waals surface area contributed by atoms with Crippen LogP contribution in [0.5, 0.6) is 28.7 Å². The summed E-state index contributed by atoms with van der Waals surface area (Å²) in [5.41, 5.74) is -1.34. The van der Waals surface area contributed by atoms with Crippen LogP contribution in [0.4, 0.5) is 0 Å². The number of methoxy groups -OCH3 is 1. The highest BCUT2D eigenvalue weighted by molar-refractivity contribution is 5.88. The fourth-order valence-electron chi connectivity index (χ4n) is 5.03. The number of phenols is 2. The Morgan fingerprint density at radius 3 is 1.84 bits per heavy atom. The van der Waals surface area contributed by atoms with Crippen molar-refractivity contribution < 1.29 is 79.2 Å². The Bertz CT molecular complexity index is 1570. The zero-order chi connectivity index (χ0) is 32.7. The van der Waals surface area contributed by atoms with Crippen molar-refractivity contribution in [2.75, 3.05) is 20.3 Å². The molecule has 17 nitrogen and oxygen atoms in total. The molecule has 0 radical (unpaired) electrons. The SMILES string of the molecule is COc1ccc(-c2oc3cc(O[C@@H]4OC(CO)[C@@H](O)[C@H](O)C4O)cc(O)c3c(=O)c2O[C@@H]2OC(CO)[C@@H](O)C(O)C2O)cc1O. The molecular formula is C28H32O17. The first kappa shape index (κ1) is 32.6. The van der Waals surface area contributed by atoms with Gasteiger partial charge in [-0.05, 0) is 18.2 Å². The summed E-state index contributed by atoms with van der Waals surface area (Å²) in [5.74, 6) is -2.35. The average molecular weight is 641 g/mol. The van der Waals surface area contributed by atoms with E-state index in [1.807, 2.05) is 0 Å². The summed E-state index contributed by atoms with van der Waals surface area (Å²) in [7, 11) is 1.30. The number of benzene rings is 2. The van der Waals surface area contributed by atoms with Gasteiger partial charge in [-0.3, -0.25) is 4.79 Å². The minimum atomic E-state index is -1.92. The van der Waals surface area contributed by atoms with E-state index < -0.39 is 96.9 Å². The highest BCUT2D eigenvalue weighted by Crippen LogP contribution is 2.40. The van der Waals surface area contributed by atoms with Crippen LogP contribution in [0, 0.1) is 0 Å². The van der Waals surface area contributed by atoms with E-state index in [1.165, 1.54) is 19.2 Å². The summed E-state index contributed by atoms with van der Waals surface area (Å²) in [4.78, 5) is 13.8. The van der Waals surface area contributed by atoms with Gasteiger partial charge in [-0.2, -0.15) is 0 Å². The lowest BCUT2D eigenvalue weighted by atomic mass is 9.99. The van der Waals surface area contributed by atoms with Crippen LogP contribution in [0.2, 0.25) is 0 Å². The first-order valence-corrected chi connectivity index (χ1v) is 13.6. The Balaban J connectivity index is 1.61. The van der Waals surface area contributed by atoms with Crippen molar-refractivity contribution in [3.63, 3.8) is 0 Å². The molecule has 2 aromatic carbocycles. The molecule has 2 aliphatic rings. The summed E-state index contributed by atoms with van der Waals surface area (Å²) in [6.45, 7) is -1.51. The lowest BCUT2D eigenvalue weighted by Gasteiger charge is -2.39. The Kier molecular flexibility index (Phi) is 9.38. The Hall–Kier alpha value is -3.75. The lowest BCUT2D eigenvalue weighted by molar-refractivity contribution is -0.277. The maximum Gasteiger partial charge on any atom is 0.239 e. The van der Waals surface area contributed by atoms with Gasteiger partial charge in [-0.25, -0.2) is 0 Å². The highest BCUT2D eigenvalue weighted by atomic mass is 16.7. The van der Waals surface area contributed by atoms with Crippen LogP contribution < -0.4 is 19.6 Å². The fraction of sp³-hybridized carbons (Fsp3) is 0.464. The third-order valence-electron chi connectivity index (χ3n) is 7.53. The molecule has 0 spiro atoms. The smallest absolute Gasteiger partial charge is 0.239 e. The number of aromatic hydroxyl groups is 2. The molecule has 2 aliphatic heterocycles. The molecule has 5 rings (SSSR count). The zero-order valence-electron chi connectivity index (χ0n) is 23.4. The molecule has 2 fully saturated rings. The van der Waals surface area contributed by atoms with E-state index >= 15 is 0 Å². The molecule has 5 unspecified atom stereocenters. The third kappa shape index (κ3) is 5.98. The van der Waals surface area contributed by atoms with E-state index in [0.29, 0.717) is 0 Å². The Morgan fingerprint density at radius 1 is 0.733 bits per heavy atom. The molecule has 2 saturated heterocycles. The van der Waals surface area contributed by atoms with Crippen LogP contribution in [0.15, 0.2) is 39.5 Å². The van der Waals surface area contributed by atoms with Crippen LogP contribution in [0.1, 0.15) is 0 Å². The monoisotopic (exact) mass is 640 g/mol. The van der Waals surface area contributed by atoms with E-state index in [9.17, 15) is 55.9 Å². The number of phenolic OH excluding ortho intramolecular Hbond substituents is 2. The summed E-state index contributed by atoms with van der Waals surface area (Å²) >= 11 is 0. The van der Waals surface area contributed by atoms with Crippen LogP contribution in [0.25, 0.3) is 22.3 Å². The lowest BCUT2D eigenvalue weighted by Crippen LogP contribution is -2.60. The van der Waals surface area contributed by atoms with Crippen LogP contribution in [-0.4, -0.2) is 133 Å². The first-order chi connectivity index (χ1) is 21.4. The molecule has 1 aromatic heterocycles. The Morgan fingerprint density at radius 2 is 1.31 bits per heavy atom. The number of fused-ring (bicyclic) bond motifs is 1. The molecule has 0 bridgehead atoms. The van der Waals surface area contributed by atoms with Crippen LogP contribution in [-0.2, 0) is 9.47 Å². The van der Waals surface area contributed by atoms with Crippen molar-refractivity contribution in [1.29, 1.82) is 0 Å². The van der Waals surface area contributed by atoms with E-state index in [1.54, 1.807) is 0 Å². The molecule has 0 aliphatic carbocycles. The highest BCUT2D eigenvalue weighted by Gasteiger charge is 2.46. The number of hydrogen-bond acceptors (Lipinski definition) is 17. The van der Waals surface area contributed by atoms with Gasteiger partial charge in [0.15, 0.2) is 17.3 Å². The van der Waals surface area contributed by atoms with Crippen molar-refractivity contribution >= 4 is 11.0 Å². The van der Waals surface area contributed by atoms with Crippen molar-refractivity contribution in [2.45, 2.75) is 61.4 Å². The van der Waals surface area contributed by atoms with Gasteiger partial charge >= 0.3 is 0 Å². The summed E-state index contributed by atoms with van der Waals surface area (Å²) in [6, 6.07) is 5.91. The second-order valence-electron chi connectivity index (χ2n) is 10.4. The first-order valence-electron chi connectivity index (χ1n) is 13.6.